The number of nitrogens with one attached hydrogen (secondary N) is 1. The third kappa shape index (κ3) is 6.10. The second kappa shape index (κ2) is 9.00. The van der Waals surface area contributed by atoms with E-state index in [1.54, 1.807) is 7.11 Å². The van der Waals surface area contributed by atoms with Gasteiger partial charge in [0.15, 0.2) is 0 Å². The lowest BCUT2D eigenvalue weighted by Gasteiger charge is -2.34. The van der Waals surface area contributed by atoms with Crippen LogP contribution in [0.15, 0.2) is 0 Å². The predicted octanol–water partition coefficient (Wildman–Crippen LogP) is 2.38. The number of sulfone groups is 1. The van der Waals surface area contributed by atoms with Crippen molar-refractivity contribution in [3.63, 3.8) is 0 Å². The topological polar surface area (TPSA) is 55.4 Å². The lowest BCUT2D eigenvalue weighted by atomic mass is 9.82. The van der Waals surface area contributed by atoms with Crippen molar-refractivity contribution in [3.8, 4) is 0 Å². The zero-order chi connectivity index (χ0) is 15.0. The standard InChI is InChI=1S/C15H31NO3S/c1-4-10-16-15(9-6-11-19-2)13-7-5-8-14(12-13)20(3,17)18/h13-16H,4-12H2,1-3H3. The van der Waals surface area contributed by atoms with Gasteiger partial charge < -0.3 is 10.1 Å². The molecule has 3 unspecified atom stereocenters. The molecule has 1 aliphatic rings. The van der Waals surface area contributed by atoms with Gasteiger partial charge in [0.05, 0.1) is 5.25 Å². The van der Waals surface area contributed by atoms with Gasteiger partial charge in [0.1, 0.15) is 9.84 Å². The van der Waals surface area contributed by atoms with Gasteiger partial charge in [0, 0.05) is 26.0 Å². The van der Waals surface area contributed by atoms with E-state index in [-0.39, 0.29) is 5.25 Å². The maximum atomic E-state index is 11.8. The molecule has 1 N–H and O–H groups in total. The molecule has 4 nitrogen and oxygen atoms in total. The fourth-order valence-electron chi connectivity index (χ4n) is 3.22. The van der Waals surface area contributed by atoms with Crippen LogP contribution in [0.4, 0.5) is 0 Å². The molecule has 0 aromatic rings. The summed E-state index contributed by atoms with van der Waals surface area (Å²) in [4.78, 5) is 0. The largest absolute Gasteiger partial charge is 0.385 e. The Balaban J connectivity index is 2.58. The van der Waals surface area contributed by atoms with Gasteiger partial charge in [-0.1, -0.05) is 13.3 Å². The Labute approximate surface area is 124 Å². The molecule has 0 aliphatic heterocycles. The van der Waals surface area contributed by atoms with Crippen LogP contribution >= 0.6 is 0 Å². The molecule has 1 aliphatic carbocycles. The van der Waals surface area contributed by atoms with Crippen molar-refractivity contribution < 1.29 is 13.2 Å². The van der Waals surface area contributed by atoms with Crippen LogP contribution in [0.3, 0.4) is 0 Å². The van der Waals surface area contributed by atoms with E-state index in [0.717, 1.165) is 58.1 Å². The molecular formula is C15H31NO3S. The molecule has 0 aromatic carbocycles. The molecule has 5 heteroatoms. The van der Waals surface area contributed by atoms with E-state index in [4.69, 9.17) is 4.74 Å². The summed E-state index contributed by atoms with van der Waals surface area (Å²) in [6.45, 7) is 3.96. The third-order valence-corrected chi connectivity index (χ3v) is 6.00. The summed E-state index contributed by atoms with van der Waals surface area (Å²) >= 11 is 0. The first-order valence-corrected chi connectivity index (χ1v) is 9.85. The second-order valence-electron chi connectivity index (χ2n) is 6.07. The van der Waals surface area contributed by atoms with Crippen molar-refractivity contribution in [2.75, 3.05) is 26.5 Å². The quantitative estimate of drug-likeness (QED) is 0.665. The Bertz CT molecular complexity index is 356. The summed E-state index contributed by atoms with van der Waals surface area (Å²) in [7, 11) is -1.16. The zero-order valence-corrected chi connectivity index (χ0v) is 14.0. The van der Waals surface area contributed by atoms with Crippen LogP contribution in [0, 0.1) is 5.92 Å². The molecule has 1 rings (SSSR count). The van der Waals surface area contributed by atoms with Crippen molar-refractivity contribution in [2.24, 2.45) is 5.92 Å². The Hall–Kier alpha value is -0.130. The Morgan fingerprint density at radius 2 is 2.10 bits per heavy atom. The molecule has 1 fully saturated rings. The molecule has 1 saturated carbocycles. The van der Waals surface area contributed by atoms with Gasteiger partial charge in [-0.15, -0.1) is 0 Å². The summed E-state index contributed by atoms with van der Waals surface area (Å²) in [6.07, 6.45) is 8.48. The molecule has 0 radical (unpaired) electrons. The third-order valence-electron chi connectivity index (χ3n) is 4.36. The molecule has 0 amide bonds. The van der Waals surface area contributed by atoms with Crippen molar-refractivity contribution in [1.82, 2.24) is 5.32 Å². The minimum absolute atomic E-state index is 0.130. The SMILES string of the molecule is CCCNC(CCCOC)C1CCCC(S(C)(=O)=O)C1. The molecular weight excluding hydrogens is 274 g/mol. The summed E-state index contributed by atoms with van der Waals surface area (Å²) in [6, 6.07) is 0.439. The van der Waals surface area contributed by atoms with E-state index in [1.807, 2.05) is 0 Å². The highest BCUT2D eigenvalue weighted by Gasteiger charge is 2.32. The molecule has 3 atom stereocenters. The highest BCUT2D eigenvalue weighted by atomic mass is 32.2. The van der Waals surface area contributed by atoms with Crippen molar-refractivity contribution >= 4 is 9.84 Å². The van der Waals surface area contributed by atoms with Gasteiger partial charge in [-0.05, 0) is 51.0 Å². The highest BCUT2D eigenvalue weighted by molar-refractivity contribution is 7.91. The van der Waals surface area contributed by atoms with Crippen LogP contribution in [0.2, 0.25) is 0 Å². The van der Waals surface area contributed by atoms with E-state index < -0.39 is 9.84 Å². The van der Waals surface area contributed by atoms with Crippen LogP contribution in [0.25, 0.3) is 0 Å². The second-order valence-corrected chi connectivity index (χ2v) is 8.40. The zero-order valence-electron chi connectivity index (χ0n) is 13.2. The molecule has 0 spiro atoms. The van der Waals surface area contributed by atoms with E-state index in [0.29, 0.717) is 12.0 Å². The predicted molar refractivity (Wildman–Crippen MR) is 83.8 cm³/mol. The molecule has 0 heterocycles. The monoisotopic (exact) mass is 305 g/mol. The van der Waals surface area contributed by atoms with Crippen LogP contribution < -0.4 is 5.32 Å². The molecule has 120 valence electrons. The normalized spacial score (nSPS) is 25.6. The number of hydrogen-bond donors (Lipinski definition) is 1. The Morgan fingerprint density at radius 3 is 2.70 bits per heavy atom. The van der Waals surface area contributed by atoms with Crippen LogP contribution in [-0.2, 0) is 14.6 Å². The van der Waals surface area contributed by atoms with Gasteiger partial charge in [-0.2, -0.15) is 0 Å². The van der Waals surface area contributed by atoms with Gasteiger partial charge in [0.25, 0.3) is 0 Å². The number of rotatable bonds is 9. The number of ether oxygens (including phenoxy) is 1. The molecule has 0 bridgehead atoms. The van der Waals surface area contributed by atoms with Gasteiger partial charge >= 0.3 is 0 Å². The summed E-state index contributed by atoms with van der Waals surface area (Å²) in [5.41, 5.74) is 0. The minimum Gasteiger partial charge on any atom is -0.385 e. The Kier molecular flexibility index (Phi) is 8.07. The minimum atomic E-state index is -2.89. The lowest BCUT2D eigenvalue weighted by molar-refractivity contribution is 0.177. The average Bonchev–Trinajstić information content (AvgIpc) is 2.42. The average molecular weight is 305 g/mol. The number of methoxy groups -OCH3 is 1. The van der Waals surface area contributed by atoms with Crippen LogP contribution in [0.5, 0.6) is 0 Å². The Morgan fingerprint density at radius 1 is 1.35 bits per heavy atom. The van der Waals surface area contributed by atoms with Crippen molar-refractivity contribution in [2.45, 2.75) is 63.2 Å². The van der Waals surface area contributed by atoms with E-state index in [9.17, 15) is 8.42 Å². The van der Waals surface area contributed by atoms with E-state index in [2.05, 4.69) is 12.2 Å². The molecule has 0 saturated heterocycles. The van der Waals surface area contributed by atoms with Gasteiger partial charge in [-0.25, -0.2) is 8.42 Å². The molecule has 0 aromatic heterocycles. The lowest BCUT2D eigenvalue weighted by Crippen LogP contribution is -2.41. The summed E-state index contributed by atoms with van der Waals surface area (Å²) in [5.74, 6) is 0.492. The first-order valence-electron chi connectivity index (χ1n) is 7.90. The first kappa shape index (κ1) is 17.9. The summed E-state index contributed by atoms with van der Waals surface area (Å²) < 4.78 is 28.7. The smallest absolute Gasteiger partial charge is 0.150 e. The maximum Gasteiger partial charge on any atom is 0.150 e. The van der Waals surface area contributed by atoms with Crippen molar-refractivity contribution in [3.05, 3.63) is 0 Å². The summed E-state index contributed by atoms with van der Waals surface area (Å²) in [5, 5.41) is 3.49. The fourth-order valence-corrected chi connectivity index (χ4v) is 4.41. The highest BCUT2D eigenvalue weighted by Crippen LogP contribution is 2.32. The van der Waals surface area contributed by atoms with Crippen LogP contribution in [0.1, 0.15) is 51.9 Å². The molecule has 20 heavy (non-hydrogen) atoms. The van der Waals surface area contributed by atoms with Gasteiger partial charge in [0.2, 0.25) is 0 Å². The van der Waals surface area contributed by atoms with Crippen LogP contribution in [-0.4, -0.2) is 46.2 Å². The fraction of sp³-hybridized carbons (Fsp3) is 1.00. The van der Waals surface area contributed by atoms with E-state index >= 15 is 0 Å². The van der Waals surface area contributed by atoms with E-state index in [1.165, 1.54) is 6.26 Å². The first-order chi connectivity index (χ1) is 9.49. The maximum absolute atomic E-state index is 11.8. The van der Waals surface area contributed by atoms with Crippen molar-refractivity contribution in [1.29, 1.82) is 0 Å². The number of hydrogen-bond acceptors (Lipinski definition) is 4. The van der Waals surface area contributed by atoms with Gasteiger partial charge in [-0.3, -0.25) is 0 Å².